The van der Waals surface area contributed by atoms with Crippen LogP contribution in [0.4, 0.5) is 0 Å². The molecule has 0 atom stereocenters. The Morgan fingerprint density at radius 3 is 1.10 bits per heavy atom. The first-order valence-corrected chi connectivity index (χ1v) is 19.0. The molecule has 0 aliphatic rings. The summed E-state index contributed by atoms with van der Waals surface area (Å²) >= 11 is 36.4. The quantitative estimate of drug-likeness (QED) is 0.120. The molecule has 0 radical (unpaired) electrons. The van der Waals surface area contributed by atoms with Crippen LogP contribution in [0, 0.1) is 0 Å². The first-order valence-electron chi connectivity index (χ1n) is 15.5. The maximum Gasteiger partial charge on any atom is -0.172 e. The number of hydrogen-bond donors (Lipinski definition) is 0. The van der Waals surface area contributed by atoms with Gasteiger partial charge in [-0.3, -0.25) is 0 Å². The van der Waals surface area contributed by atoms with Crippen molar-refractivity contribution < 1.29 is 24.2 Å². The van der Waals surface area contributed by atoms with Crippen LogP contribution in [0.15, 0.2) is 121 Å². The fraction of sp³-hybridized carbons (Fsp3) is 0.244. The predicted octanol–water partition coefficient (Wildman–Crippen LogP) is 14.2. The van der Waals surface area contributed by atoms with E-state index in [0.29, 0.717) is 11.1 Å². The van der Waals surface area contributed by atoms with Crippen molar-refractivity contribution in [1.29, 1.82) is 0 Å². The van der Waals surface area contributed by atoms with Gasteiger partial charge < -0.3 is 0 Å². The second-order valence-electron chi connectivity index (χ2n) is 13.7. The van der Waals surface area contributed by atoms with Gasteiger partial charge in [0.1, 0.15) is 0 Å². The van der Waals surface area contributed by atoms with Crippen molar-refractivity contribution in [2.45, 2.75) is 60.0 Å². The van der Waals surface area contributed by atoms with E-state index in [0.717, 1.165) is 11.1 Å². The van der Waals surface area contributed by atoms with Crippen LogP contribution in [0.3, 0.4) is 0 Å². The van der Waals surface area contributed by atoms with E-state index in [-0.39, 0.29) is 10.8 Å². The van der Waals surface area contributed by atoms with Crippen molar-refractivity contribution in [2.24, 2.45) is 0 Å². The Kier molecular flexibility index (Phi) is 13.0. The minimum Gasteiger partial charge on any atom is -0.214 e. The summed E-state index contributed by atoms with van der Waals surface area (Å²) in [6, 6.07) is 41.1. The van der Waals surface area contributed by atoms with Crippen LogP contribution in [0.25, 0.3) is 21.5 Å². The maximum absolute atomic E-state index is 5.86. The number of halogens is 6. The van der Waals surface area contributed by atoms with Gasteiger partial charge in [0, 0.05) is 0 Å². The van der Waals surface area contributed by atoms with Gasteiger partial charge in [0.15, 0.2) is 0 Å². The first kappa shape index (κ1) is 39.4. The summed E-state index contributed by atoms with van der Waals surface area (Å²) in [5, 5.41) is 5.49. The van der Waals surface area contributed by atoms with Crippen LogP contribution in [0.2, 0.25) is 0 Å². The predicted molar refractivity (Wildman–Crippen MR) is 211 cm³/mol. The zero-order chi connectivity index (χ0) is 35.5. The van der Waals surface area contributed by atoms with E-state index in [4.69, 9.17) is 69.6 Å². The number of benzene rings is 4. The minimum absolute atomic E-state index is 0.194. The molecule has 0 saturated heterocycles. The molecule has 0 aliphatic carbocycles. The third kappa shape index (κ3) is 10.6. The van der Waals surface area contributed by atoms with E-state index >= 15 is 0 Å². The van der Waals surface area contributed by atoms with Crippen LogP contribution in [0.5, 0.6) is 0 Å². The molecule has 248 valence electrons. The second-order valence-corrected chi connectivity index (χ2v) is 19.5. The summed E-state index contributed by atoms with van der Waals surface area (Å²) in [4.78, 5) is 0. The van der Waals surface area contributed by atoms with Crippen LogP contribution in [-0.2, 0) is 42.7 Å². The molecule has 0 aliphatic heterocycles. The van der Waals surface area contributed by atoms with Gasteiger partial charge in [-0.1, -0.05) is 76.9 Å². The van der Waals surface area contributed by atoms with Gasteiger partial charge in [0.2, 0.25) is 0 Å². The smallest absolute Gasteiger partial charge is 0.172 e. The molecule has 0 nitrogen and oxygen atoms in total. The molecular formula is C41H38Cl6Zr. The van der Waals surface area contributed by atoms with Crippen LogP contribution >= 0.6 is 69.6 Å². The Bertz CT molecular complexity index is 1800. The Morgan fingerprint density at radius 1 is 0.500 bits per heavy atom. The molecule has 0 bridgehead atoms. The molecule has 0 amide bonds. The zero-order valence-electron chi connectivity index (χ0n) is 27.8. The van der Waals surface area contributed by atoms with Gasteiger partial charge in [-0.2, -0.15) is 18.2 Å². The number of rotatable bonds is 2. The minimum atomic E-state index is -1.41. The van der Waals surface area contributed by atoms with E-state index in [1.165, 1.54) is 60.1 Å². The SMILES string of the molecule is CC(C)(C)c1ccc2[cH-]c3ccc(C(C)(C)C)cc3c2c1.ClC(Cl)(Cl)c1ccc([C](=[Zr+2])c2ccc(C(Cl)(Cl)Cl)cc2)cc1.c1cc[cH-]c1. The monoisotopic (exact) mass is 830 g/mol. The average molecular weight is 835 g/mol. The number of fused-ring (bicyclic) bond motifs is 3. The molecule has 0 saturated carbocycles. The summed E-state index contributed by atoms with van der Waals surface area (Å²) < 4.78 is -1.66. The summed E-state index contributed by atoms with van der Waals surface area (Å²) in [7, 11) is 0. The van der Waals surface area contributed by atoms with E-state index in [2.05, 4.69) is 84.0 Å². The molecular weight excluding hydrogens is 796 g/mol. The topological polar surface area (TPSA) is 0 Å². The van der Waals surface area contributed by atoms with Gasteiger partial charge in [0.25, 0.3) is 0 Å². The van der Waals surface area contributed by atoms with Crippen molar-refractivity contribution in [3.63, 3.8) is 0 Å². The van der Waals surface area contributed by atoms with E-state index in [1.807, 2.05) is 78.9 Å². The van der Waals surface area contributed by atoms with Gasteiger partial charge >= 0.3 is 175 Å². The van der Waals surface area contributed by atoms with Crippen molar-refractivity contribution in [2.75, 3.05) is 0 Å². The molecule has 6 rings (SSSR count). The Labute approximate surface area is 330 Å². The Morgan fingerprint density at radius 2 is 0.833 bits per heavy atom. The first-order chi connectivity index (χ1) is 22.2. The standard InChI is InChI=1S/C21H25.C15H8Cl6.C5H5.Zr/c1-20(2,3)16-9-7-14-11-15-8-10-17(21(4,5)6)13-19(15)18(14)12-16;16-14(17,18)12-5-1-10(2-6-12)9-11-3-7-13(8-4-11)15(19,20)21;1-2-4-5-3-1;/h7-13H,1-6H3;1-8H;1-5H;/q-1;;-1;+2. The Hall–Kier alpha value is -1.41. The van der Waals surface area contributed by atoms with Gasteiger partial charge in [-0.15, -0.1) is 39.7 Å². The van der Waals surface area contributed by atoms with Crippen molar-refractivity contribution in [3.8, 4) is 0 Å². The Balaban J connectivity index is 0.000000189. The van der Waals surface area contributed by atoms with Crippen molar-refractivity contribution >= 4 is 94.4 Å². The second kappa shape index (κ2) is 15.9. The molecule has 0 N–H and O–H groups in total. The molecule has 0 fully saturated rings. The fourth-order valence-electron chi connectivity index (χ4n) is 5.07. The van der Waals surface area contributed by atoms with E-state index < -0.39 is 7.59 Å². The number of hydrogen-bond acceptors (Lipinski definition) is 0. The third-order valence-corrected chi connectivity index (χ3v) is 10.7. The fourth-order valence-corrected chi connectivity index (χ4v) is 6.65. The zero-order valence-corrected chi connectivity index (χ0v) is 34.8. The normalized spacial score (nSPS) is 12.3. The van der Waals surface area contributed by atoms with E-state index in [9.17, 15) is 0 Å². The molecule has 0 unspecified atom stereocenters. The molecule has 0 spiro atoms. The largest absolute Gasteiger partial charge is 0.214 e. The molecule has 0 heterocycles. The van der Waals surface area contributed by atoms with Crippen LogP contribution in [0.1, 0.15) is 74.9 Å². The summed E-state index contributed by atoms with van der Waals surface area (Å²) in [6.07, 6.45) is 0. The number of alkyl halides is 6. The van der Waals surface area contributed by atoms with Gasteiger partial charge in [-0.05, 0) is 10.8 Å². The average Bonchev–Trinajstić information content (AvgIpc) is 3.71. The van der Waals surface area contributed by atoms with Crippen molar-refractivity contribution in [1.82, 2.24) is 0 Å². The van der Waals surface area contributed by atoms with Crippen LogP contribution < -0.4 is 0 Å². The molecule has 7 heteroatoms. The summed E-state index contributed by atoms with van der Waals surface area (Å²) in [6.45, 7) is 13.7. The summed E-state index contributed by atoms with van der Waals surface area (Å²) in [5.41, 5.74) is 6.61. The molecule has 0 aromatic heterocycles. The van der Waals surface area contributed by atoms with Crippen molar-refractivity contribution in [3.05, 3.63) is 155 Å². The van der Waals surface area contributed by atoms with Crippen LogP contribution in [-0.4, -0.2) is 3.21 Å². The maximum atomic E-state index is 5.86. The summed E-state index contributed by atoms with van der Waals surface area (Å²) in [5.74, 6) is 0. The third-order valence-electron chi connectivity index (χ3n) is 8.00. The molecule has 6 aromatic rings. The van der Waals surface area contributed by atoms with Gasteiger partial charge in [0.05, 0.1) is 0 Å². The molecule has 6 aromatic carbocycles. The molecule has 48 heavy (non-hydrogen) atoms. The van der Waals surface area contributed by atoms with E-state index in [1.54, 1.807) is 0 Å². The van der Waals surface area contributed by atoms with Gasteiger partial charge in [-0.25, -0.2) is 12.1 Å².